The topological polar surface area (TPSA) is 0 Å². The first-order chi connectivity index (χ1) is 4.57. The SMILES string of the molecule is CSP1(=S)C=C(C)C(C)=C1. The Morgan fingerprint density at radius 3 is 1.90 bits per heavy atom. The van der Waals surface area contributed by atoms with Crippen LogP contribution in [0.4, 0.5) is 0 Å². The molecule has 0 spiro atoms. The summed E-state index contributed by atoms with van der Waals surface area (Å²) in [5.41, 5.74) is 2.75. The van der Waals surface area contributed by atoms with Crippen molar-refractivity contribution in [2.24, 2.45) is 0 Å². The molecule has 0 aromatic carbocycles. The fourth-order valence-electron chi connectivity index (χ4n) is 0.886. The predicted octanol–water partition coefficient (Wildman–Crippen LogP) is 3.57. The highest BCUT2D eigenvalue weighted by molar-refractivity contribution is 8.72. The molecule has 1 heterocycles. The van der Waals surface area contributed by atoms with E-state index in [2.05, 4.69) is 31.7 Å². The van der Waals surface area contributed by atoms with Crippen molar-refractivity contribution < 1.29 is 0 Å². The Morgan fingerprint density at radius 1 is 1.30 bits per heavy atom. The van der Waals surface area contributed by atoms with Gasteiger partial charge in [-0.2, -0.15) is 0 Å². The minimum atomic E-state index is -1.24. The minimum absolute atomic E-state index is 1.24. The van der Waals surface area contributed by atoms with E-state index in [9.17, 15) is 0 Å². The maximum absolute atomic E-state index is 5.44. The van der Waals surface area contributed by atoms with Crippen LogP contribution in [0.5, 0.6) is 0 Å². The van der Waals surface area contributed by atoms with Gasteiger partial charge < -0.3 is 0 Å². The van der Waals surface area contributed by atoms with E-state index >= 15 is 0 Å². The Balaban J connectivity index is 3.03. The average Bonchev–Trinajstić information content (AvgIpc) is 2.10. The lowest BCUT2D eigenvalue weighted by molar-refractivity contribution is 1.39. The van der Waals surface area contributed by atoms with Gasteiger partial charge in [-0.05, 0) is 42.9 Å². The van der Waals surface area contributed by atoms with Gasteiger partial charge in [0.15, 0.2) is 0 Å². The molecular weight excluding hydrogens is 179 g/mol. The van der Waals surface area contributed by atoms with Crippen LogP contribution in [-0.4, -0.2) is 6.26 Å². The van der Waals surface area contributed by atoms with Gasteiger partial charge in [0.1, 0.15) is 0 Å². The van der Waals surface area contributed by atoms with Crippen LogP contribution >= 0.6 is 16.6 Å². The van der Waals surface area contributed by atoms with E-state index < -0.39 is 5.24 Å². The molecule has 0 saturated carbocycles. The Kier molecular flexibility index (Phi) is 2.44. The second kappa shape index (κ2) is 2.84. The molecule has 0 atom stereocenters. The highest BCUT2D eigenvalue weighted by Crippen LogP contribution is 2.65. The van der Waals surface area contributed by atoms with Gasteiger partial charge in [0.25, 0.3) is 0 Å². The highest BCUT2D eigenvalue weighted by Gasteiger charge is 2.16. The number of hydrogen-bond acceptors (Lipinski definition) is 2. The third kappa shape index (κ3) is 1.55. The average molecular weight is 190 g/mol. The molecule has 0 aromatic rings. The van der Waals surface area contributed by atoms with Crippen molar-refractivity contribution in [2.45, 2.75) is 13.8 Å². The molecule has 0 aliphatic carbocycles. The maximum Gasteiger partial charge on any atom is 0.0477 e. The molecular formula is C7H11PS2. The fraction of sp³-hybridized carbons (Fsp3) is 0.429. The summed E-state index contributed by atoms with van der Waals surface area (Å²) in [6.45, 7) is 4.27. The summed E-state index contributed by atoms with van der Waals surface area (Å²) < 4.78 is 0. The van der Waals surface area contributed by atoms with E-state index in [1.54, 1.807) is 0 Å². The molecule has 56 valence electrons. The molecule has 0 aromatic heterocycles. The summed E-state index contributed by atoms with van der Waals surface area (Å²) in [4.78, 5) is 0. The highest BCUT2D eigenvalue weighted by atomic mass is 32.9. The molecule has 0 unspecified atom stereocenters. The number of rotatable bonds is 1. The van der Waals surface area contributed by atoms with Crippen molar-refractivity contribution in [3.8, 4) is 0 Å². The van der Waals surface area contributed by atoms with Crippen molar-refractivity contribution in [2.75, 3.05) is 6.26 Å². The van der Waals surface area contributed by atoms with E-state index in [1.165, 1.54) is 11.1 Å². The summed E-state index contributed by atoms with van der Waals surface area (Å²) in [7, 11) is 0. The van der Waals surface area contributed by atoms with Crippen molar-refractivity contribution in [1.29, 1.82) is 0 Å². The smallest absolute Gasteiger partial charge is 0.0477 e. The van der Waals surface area contributed by atoms with Crippen LogP contribution < -0.4 is 0 Å². The summed E-state index contributed by atoms with van der Waals surface area (Å²) >= 11 is 7.26. The summed E-state index contributed by atoms with van der Waals surface area (Å²) in [6.07, 6.45) is 2.10. The lowest BCUT2D eigenvalue weighted by atomic mass is 10.2. The van der Waals surface area contributed by atoms with E-state index in [1.807, 2.05) is 11.4 Å². The van der Waals surface area contributed by atoms with Gasteiger partial charge in [0.05, 0.1) is 0 Å². The van der Waals surface area contributed by atoms with Crippen LogP contribution in [0, 0.1) is 0 Å². The Bertz CT molecular complexity index is 228. The van der Waals surface area contributed by atoms with Crippen molar-refractivity contribution >= 4 is 28.4 Å². The lowest BCUT2D eigenvalue weighted by Gasteiger charge is -2.03. The van der Waals surface area contributed by atoms with Crippen molar-refractivity contribution in [3.63, 3.8) is 0 Å². The third-order valence-corrected chi connectivity index (χ3v) is 8.04. The van der Waals surface area contributed by atoms with Crippen LogP contribution in [-0.2, 0) is 11.8 Å². The summed E-state index contributed by atoms with van der Waals surface area (Å²) in [5, 5.41) is -1.24. The van der Waals surface area contributed by atoms with Crippen LogP contribution in [0.2, 0.25) is 0 Å². The lowest BCUT2D eigenvalue weighted by Crippen LogP contribution is -1.67. The zero-order valence-corrected chi connectivity index (χ0v) is 8.95. The van der Waals surface area contributed by atoms with Gasteiger partial charge in [0, 0.05) is 5.24 Å². The number of allylic oxidation sites excluding steroid dienone is 2. The molecule has 0 nitrogen and oxygen atoms in total. The molecule has 1 aliphatic heterocycles. The third-order valence-electron chi connectivity index (χ3n) is 1.65. The van der Waals surface area contributed by atoms with Crippen LogP contribution in [0.25, 0.3) is 0 Å². The molecule has 0 amide bonds. The largest absolute Gasteiger partial charge is 0.120 e. The summed E-state index contributed by atoms with van der Waals surface area (Å²) in [5.74, 6) is 4.50. The Hall–Kier alpha value is 0.480. The second-order valence-corrected chi connectivity index (χ2v) is 10.0. The molecule has 0 radical (unpaired) electrons. The Morgan fingerprint density at radius 2 is 1.70 bits per heavy atom. The van der Waals surface area contributed by atoms with Gasteiger partial charge in [-0.1, -0.05) is 11.8 Å². The molecule has 1 aliphatic rings. The van der Waals surface area contributed by atoms with Crippen LogP contribution in [0.3, 0.4) is 0 Å². The second-order valence-electron chi connectivity index (χ2n) is 2.45. The zero-order valence-electron chi connectivity index (χ0n) is 6.42. The quantitative estimate of drug-likeness (QED) is 0.580. The van der Waals surface area contributed by atoms with Crippen LogP contribution in [0.1, 0.15) is 13.8 Å². The maximum atomic E-state index is 5.44. The Labute approximate surface area is 71.5 Å². The van der Waals surface area contributed by atoms with Crippen molar-refractivity contribution in [3.05, 3.63) is 22.8 Å². The van der Waals surface area contributed by atoms with Gasteiger partial charge >= 0.3 is 0 Å². The van der Waals surface area contributed by atoms with Gasteiger partial charge in [0.2, 0.25) is 0 Å². The standard InChI is InChI=1S/C7H11PS2/c1-6-4-8(9,10-3)5-7(6)2/h4-5H,1-3H3. The fourth-order valence-corrected chi connectivity index (χ4v) is 5.19. The first-order valence-corrected chi connectivity index (χ1v) is 7.89. The van der Waals surface area contributed by atoms with Gasteiger partial charge in [-0.25, -0.2) is 0 Å². The number of hydrogen-bond donors (Lipinski definition) is 0. The molecule has 0 fully saturated rings. The molecule has 3 heteroatoms. The van der Waals surface area contributed by atoms with Crippen LogP contribution in [0.15, 0.2) is 22.8 Å². The molecule has 10 heavy (non-hydrogen) atoms. The first kappa shape index (κ1) is 8.58. The van der Waals surface area contributed by atoms with E-state index in [-0.39, 0.29) is 0 Å². The normalized spacial score (nSPS) is 22.3. The molecule has 1 rings (SSSR count). The van der Waals surface area contributed by atoms with Crippen molar-refractivity contribution in [1.82, 2.24) is 0 Å². The van der Waals surface area contributed by atoms with E-state index in [0.717, 1.165) is 0 Å². The first-order valence-electron chi connectivity index (χ1n) is 3.12. The molecule has 0 N–H and O–H groups in total. The zero-order chi connectivity index (χ0) is 7.78. The molecule has 0 saturated heterocycles. The van der Waals surface area contributed by atoms with Gasteiger partial charge in [-0.3, -0.25) is 0 Å². The monoisotopic (exact) mass is 190 g/mol. The van der Waals surface area contributed by atoms with E-state index in [0.29, 0.717) is 0 Å². The molecule has 0 bridgehead atoms. The van der Waals surface area contributed by atoms with Gasteiger partial charge in [-0.15, -0.1) is 11.4 Å². The minimum Gasteiger partial charge on any atom is -0.120 e. The summed E-state index contributed by atoms with van der Waals surface area (Å²) in [6, 6.07) is 0. The van der Waals surface area contributed by atoms with E-state index in [4.69, 9.17) is 11.8 Å². The predicted molar refractivity (Wildman–Crippen MR) is 55.3 cm³/mol.